The van der Waals surface area contributed by atoms with Gasteiger partial charge in [0, 0.05) is 29.1 Å². The number of thiophene rings is 1. The normalized spacial score (nSPS) is 15.0. The molecule has 0 unspecified atom stereocenters. The summed E-state index contributed by atoms with van der Waals surface area (Å²) in [6.45, 7) is 0.477. The summed E-state index contributed by atoms with van der Waals surface area (Å²) in [6, 6.07) is 2.82. The van der Waals surface area contributed by atoms with Gasteiger partial charge in [0.15, 0.2) is 5.69 Å². The topological polar surface area (TPSA) is 46.9 Å². The first-order chi connectivity index (χ1) is 10.4. The number of carbonyl (C=O) groups excluding carboxylic acids is 1. The number of hydrogen-bond donors (Lipinski definition) is 1. The summed E-state index contributed by atoms with van der Waals surface area (Å²) in [5, 5.41) is 9.86. The maximum atomic E-state index is 12.8. The van der Waals surface area contributed by atoms with E-state index in [0.717, 1.165) is 18.9 Å². The van der Waals surface area contributed by atoms with Crippen LogP contribution < -0.4 is 5.32 Å². The van der Waals surface area contributed by atoms with Crippen LogP contribution in [0.15, 0.2) is 22.9 Å². The van der Waals surface area contributed by atoms with Crippen LogP contribution in [0, 0.1) is 0 Å². The molecule has 1 aliphatic carbocycles. The first kappa shape index (κ1) is 15.1. The van der Waals surface area contributed by atoms with Crippen molar-refractivity contribution < 1.29 is 18.0 Å². The molecule has 2 heterocycles. The molecule has 0 aliphatic heterocycles. The van der Waals surface area contributed by atoms with E-state index >= 15 is 0 Å². The Balaban J connectivity index is 1.64. The molecule has 1 N–H and O–H groups in total. The summed E-state index contributed by atoms with van der Waals surface area (Å²) in [4.78, 5) is 11.8. The van der Waals surface area contributed by atoms with Crippen molar-refractivity contribution >= 4 is 17.2 Å². The lowest BCUT2D eigenvalue weighted by molar-refractivity contribution is -0.141. The van der Waals surface area contributed by atoms with Crippen LogP contribution in [0.4, 0.5) is 13.2 Å². The fraction of sp³-hybridized carbons (Fsp3) is 0.429. The Kier molecular flexibility index (Phi) is 3.94. The summed E-state index contributed by atoms with van der Waals surface area (Å²) >= 11 is 1.42. The monoisotopic (exact) mass is 329 g/mol. The molecule has 0 radical (unpaired) electrons. The summed E-state index contributed by atoms with van der Waals surface area (Å²) < 4.78 is 39.6. The van der Waals surface area contributed by atoms with Gasteiger partial charge in [-0.2, -0.15) is 29.6 Å². The standard InChI is InChI=1S/C14H14F3N3OS/c15-14(16,17)12-7-11(9-1-2-9)20(19-12)5-4-18-13(21)10-3-6-22-8-10/h3,6-9H,1-2,4-5H2,(H,18,21). The number of carbonyl (C=O) groups is 1. The molecule has 0 saturated heterocycles. The average molecular weight is 329 g/mol. The zero-order valence-corrected chi connectivity index (χ0v) is 12.4. The van der Waals surface area contributed by atoms with E-state index in [1.165, 1.54) is 16.0 Å². The Morgan fingerprint density at radius 3 is 2.82 bits per heavy atom. The van der Waals surface area contributed by atoms with Gasteiger partial charge in [-0.05, 0) is 30.4 Å². The van der Waals surface area contributed by atoms with Crippen molar-refractivity contribution in [2.75, 3.05) is 6.54 Å². The third-order valence-electron chi connectivity index (χ3n) is 3.49. The number of nitrogens with zero attached hydrogens (tertiary/aromatic N) is 2. The highest BCUT2D eigenvalue weighted by molar-refractivity contribution is 7.08. The van der Waals surface area contributed by atoms with Crippen molar-refractivity contribution in [2.24, 2.45) is 0 Å². The number of halogens is 3. The summed E-state index contributed by atoms with van der Waals surface area (Å²) in [6.07, 6.45) is -2.65. The van der Waals surface area contributed by atoms with Crippen molar-refractivity contribution in [1.82, 2.24) is 15.1 Å². The van der Waals surface area contributed by atoms with Gasteiger partial charge in [-0.25, -0.2) is 0 Å². The molecule has 2 aromatic rings. The number of nitrogens with one attached hydrogen (secondary N) is 1. The number of amides is 1. The Labute approximate surface area is 128 Å². The van der Waals surface area contributed by atoms with Gasteiger partial charge < -0.3 is 5.32 Å². The predicted molar refractivity (Wildman–Crippen MR) is 75.9 cm³/mol. The third-order valence-corrected chi connectivity index (χ3v) is 4.17. The fourth-order valence-corrected chi connectivity index (χ4v) is 2.86. The van der Waals surface area contributed by atoms with Crippen molar-refractivity contribution in [1.29, 1.82) is 0 Å². The average Bonchev–Trinajstić information content (AvgIpc) is 2.99. The number of rotatable bonds is 5. The minimum absolute atomic E-state index is 0.163. The summed E-state index contributed by atoms with van der Waals surface area (Å²) in [7, 11) is 0. The first-order valence-electron chi connectivity index (χ1n) is 6.90. The molecule has 0 atom stereocenters. The second-order valence-electron chi connectivity index (χ2n) is 5.22. The zero-order valence-electron chi connectivity index (χ0n) is 11.6. The molecule has 8 heteroatoms. The summed E-state index contributed by atoms with van der Waals surface area (Å²) in [5.41, 5.74) is 0.305. The molecular formula is C14H14F3N3OS. The van der Waals surface area contributed by atoms with Crippen LogP contribution in [-0.2, 0) is 12.7 Å². The third kappa shape index (κ3) is 3.32. The van der Waals surface area contributed by atoms with E-state index in [1.54, 1.807) is 16.8 Å². The molecule has 2 aromatic heterocycles. The second-order valence-corrected chi connectivity index (χ2v) is 6.00. The zero-order chi connectivity index (χ0) is 15.7. The quantitative estimate of drug-likeness (QED) is 0.915. The molecule has 1 fully saturated rings. The molecule has 0 bridgehead atoms. The molecule has 0 spiro atoms. The van der Waals surface area contributed by atoms with Crippen LogP contribution in [-0.4, -0.2) is 22.2 Å². The molecule has 1 amide bonds. The molecule has 1 saturated carbocycles. The van der Waals surface area contributed by atoms with Gasteiger partial charge in [0.2, 0.25) is 0 Å². The first-order valence-corrected chi connectivity index (χ1v) is 7.85. The number of alkyl halides is 3. The molecule has 1 aliphatic rings. The fourth-order valence-electron chi connectivity index (χ4n) is 2.23. The lowest BCUT2D eigenvalue weighted by Gasteiger charge is -2.08. The van der Waals surface area contributed by atoms with Crippen molar-refractivity contribution in [3.05, 3.63) is 39.8 Å². The molecular weight excluding hydrogens is 315 g/mol. The van der Waals surface area contributed by atoms with Gasteiger partial charge in [0.25, 0.3) is 5.91 Å². The van der Waals surface area contributed by atoms with Crippen molar-refractivity contribution in [3.63, 3.8) is 0 Å². The smallest absolute Gasteiger partial charge is 0.350 e. The van der Waals surface area contributed by atoms with Crippen LogP contribution >= 0.6 is 11.3 Å². The van der Waals surface area contributed by atoms with Crippen LogP contribution in [0.25, 0.3) is 0 Å². The van der Waals surface area contributed by atoms with Gasteiger partial charge in [-0.3, -0.25) is 9.48 Å². The van der Waals surface area contributed by atoms with Gasteiger partial charge in [-0.15, -0.1) is 0 Å². The minimum atomic E-state index is -4.44. The van der Waals surface area contributed by atoms with E-state index in [4.69, 9.17) is 0 Å². The molecule has 0 aromatic carbocycles. The van der Waals surface area contributed by atoms with E-state index < -0.39 is 11.9 Å². The van der Waals surface area contributed by atoms with Gasteiger partial charge in [-0.1, -0.05) is 0 Å². The van der Waals surface area contributed by atoms with Crippen LogP contribution in [0.5, 0.6) is 0 Å². The highest BCUT2D eigenvalue weighted by atomic mass is 32.1. The van der Waals surface area contributed by atoms with E-state index in [-0.39, 0.29) is 24.9 Å². The Morgan fingerprint density at radius 2 is 2.23 bits per heavy atom. The van der Waals surface area contributed by atoms with Crippen molar-refractivity contribution in [3.8, 4) is 0 Å². The molecule has 118 valence electrons. The molecule has 4 nitrogen and oxygen atoms in total. The van der Waals surface area contributed by atoms with Gasteiger partial charge in [0.05, 0.1) is 6.54 Å². The van der Waals surface area contributed by atoms with E-state index in [2.05, 4.69) is 10.4 Å². The molecule has 22 heavy (non-hydrogen) atoms. The van der Waals surface area contributed by atoms with Crippen molar-refractivity contribution in [2.45, 2.75) is 31.5 Å². The highest BCUT2D eigenvalue weighted by Crippen LogP contribution is 2.42. The van der Waals surface area contributed by atoms with E-state index in [0.29, 0.717) is 11.3 Å². The maximum Gasteiger partial charge on any atom is 0.435 e. The number of aromatic nitrogens is 2. The van der Waals surface area contributed by atoms with Gasteiger partial charge in [0.1, 0.15) is 0 Å². The number of hydrogen-bond acceptors (Lipinski definition) is 3. The summed E-state index contributed by atoms with van der Waals surface area (Å²) in [5.74, 6) is -0.0615. The minimum Gasteiger partial charge on any atom is -0.350 e. The molecule has 3 rings (SSSR count). The largest absolute Gasteiger partial charge is 0.435 e. The Bertz CT molecular complexity index is 659. The van der Waals surface area contributed by atoms with E-state index in [9.17, 15) is 18.0 Å². The lowest BCUT2D eigenvalue weighted by atomic mass is 10.2. The predicted octanol–water partition coefficient (Wildman–Crippen LogP) is 3.27. The SMILES string of the molecule is O=C(NCCn1nc(C(F)(F)F)cc1C1CC1)c1ccsc1. The van der Waals surface area contributed by atoms with Crippen LogP contribution in [0.3, 0.4) is 0 Å². The Morgan fingerprint density at radius 1 is 1.45 bits per heavy atom. The maximum absolute atomic E-state index is 12.8. The lowest BCUT2D eigenvalue weighted by Crippen LogP contribution is -2.27. The Hall–Kier alpha value is -1.83. The highest BCUT2D eigenvalue weighted by Gasteiger charge is 2.37. The van der Waals surface area contributed by atoms with Crippen LogP contribution in [0.2, 0.25) is 0 Å². The second kappa shape index (κ2) is 5.75. The van der Waals surface area contributed by atoms with Gasteiger partial charge >= 0.3 is 6.18 Å². The van der Waals surface area contributed by atoms with Crippen LogP contribution in [0.1, 0.15) is 40.5 Å². The van der Waals surface area contributed by atoms with E-state index in [1.807, 2.05) is 0 Å².